The molecule has 3 heterocycles. The van der Waals surface area contributed by atoms with Crippen LogP contribution in [0.5, 0.6) is 0 Å². The van der Waals surface area contributed by atoms with Crippen LogP contribution in [-0.4, -0.2) is 52.8 Å². The maximum absolute atomic E-state index is 12.7. The number of imidazole rings is 1. The second kappa shape index (κ2) is 13.6. The first kappa shape index (κ1) is 27.1. The van der Waals surface area contributed by atoms with Crippen molar-refractivity contribution < 1.29 is 9.53 Å². The van der Waals surface area contributed by atoms with E-state index in [1.165, 1.54) is 12.0 Å². The SMILES string of the molecule is CC(Nc1ccc(-n2ccnc2N2CCOCC2)cc1)C(=O)Nc1ccc(C2=CCCC=C2)cn1.CCC. The second-order valence-corrected chi connectivity index (χ2v) is 9.38. The fraction of sp³-hybridized carbons (Fsp3) is 0.367. The molecule has 1 unspecified atom stereocenters. The molecule has 38 heavy (non-hydrogen) atoms. The van der Waals surface area contributed by atoms with Crippen molar-refractivity contribution in [1.29, 1.82) is 0 Å². The molecular weight excluding hydrogens is 476 g/mol. The maximum atomic E-state index is 12.7. The first-order valence-electron chi connectivity index (χ1n) is 13.5. The Labute approximate surface area is 225 Å². The second-order valence-electron chi connectivity index (χ2n) is 9.38. The third kappa shape index (κ3) is 7.10. The normalized spacial score (nSPS) is 15.7. The summed E-state index contributed by atoms with van der Waals surface area (Å²) in [7, 11) is 0. The van der Waals surface area contributed by atoms with Gasteiger partial charge in [0.05, 0.1) is 13.2 Å². The Morgan fingerprint density at radius 3 is 2.47 bits per heavy atom. The van der Waals surface area contributed by atoms with Crippen LogP contribution in [0.1, 0.15) is 45.6 Å². The molecular formula is C30H38N6O2. The molecule has 1 aromatic carbocycles. The standard InChI is InChI=1S/C27H30N6O2.C3H8/c1-20(26(34)31-25-12-7-22(19-29-25)21-5-3-2-4-6-21)30-23-8-10-24(11-9-23)33-14-13-28-27(33)32-15-17-35-18-16-32;1-3-2/h3,5-14,19-20,30H,2,4,15-18H2,1H3,(H,29,31,34);3H2,1-2H3. The summed E-state index contributed by atoms with van der Waals surface area (Å²) in [4.78, 5) is 23.9. The fourth-order valence-electron chi connectivity index (χ4n) is 4.23. The summed E-state index contributed by atoms with van der Waals surface area (Å²) in [6, 6.07) is 11.4. The number of hydrogen-bond acceptors (Lipinski definition) is 6. The average Bonchev–Trinajstić information content (AvgIpc) is 3.45. The van der Waals surface area contributed by atoms with E-state index in [9.17, 15) is 4.79 Å². The monoisotopic (exact) mass is 514 g/mol. The smallest absolute Gasteiger partial charge is 0.247 e. The quantitative estimate of drug-likeness (QED) is 0.421. The van der Waals surface area contributed by atoms with Crippen molar-refractivity contribution in [3.05, 3.63) is 78.8 Å². The topological polar surface area (TPSA) is 84.3 Å². The van der Waals surface area contributed by atoms with Gasteiger partial charge in [-0.1, -0.05) is 38.5 Å². The van der Waals surface area contributed by atoms with Crippen LogP contribution < -0.4 is 15.5 Å². The predicted octanol–water partition coefficient (Wildman–Crippen LogP) is 5.69. The Morgan fingerprint density at radius 1 is 1.05 bits per heavy atom. The van der Waals surface area contributed by atoms with Gasteiger partial charge in [-0.3, -0.25) is 9.36 Å². The minimum absolute atomic E-state index is 0.143. The lowest BCUT2D eigenvalue weighted by Crippen LogP contribution is -2.37. The molecule has 1 aliphatic heterocycles. The number of morpholine rings is 1. The summed E-state index contributed by atoms with van der Waals surface area (Å²) in [5.41, 5.74) is 4.11. The lowest BCUT2D eigenvalue weighted by molar-refractivity contribution is -0.116. The lowest BCUT2D eigenvalue weighted by atomic mass is 10.0. The van der Waals surface area contributed by atoms with Crippen molar-refractivity contribution in [3.8, 4) is 5.69 Å². The minimum Gasteiger partial charge on any atom is -0.378 e. The zero-order valence-corrected chi connectivity index (χ0v) is 22.6. The number of aromatic nitrogens is 3. The van der Waals surface area contributed by atoms with Gasteiger partial charge in [0.25, 0.3) is 0 Å². The van der Waals surface area contributed by atoms with Crippen LogP contribution in [0, 0.1) is 0 Å². The molecule has 0 saturated carbocycles. The molecule has 5 rings (SSSR count). The Bertz CT molecular complexity index is 1220. The Kier molecular flexibility index (Phi) is 9.70. The molecule has 200 valence electrons. The highest BCUT2D eigenvalue weighted by Gasteiger charge is 2.17. The van der Waals surface area contributed by atoms with Gasteiger partial charge in [0, 0.05) is 43.1 Å². The van der Waals surface area contributed by atoms with Gasteiger partial charge in [-0.15, -0.1) is 0 Å². The summed E-state index contributed by atoms with van der Waals surface area (Å²) in [6.45, 7) is 9.17. The Morgan fingerprint density at radius 2 is 1.82 bits per heavy atom. The van der Waals surface area contributed by atoms with Gasteiger partial charge in [0.15, 0.2) is 0 Å². The van der Waals surface area contributed by atoms with Crippen molar-refractivity contribution in [1.82, 2.24) is 14.5 Å². The molecule has 1 atom stereocenters. The van der Waals surface area contributed by atoms with E-state index in [1.54, 1.807) is 6.20 Å². The lowest BCUT2D eigenvalue weighted by Gasteiger charge is -2.28. The largest absolute Gasteiger partial charge is 0.378 e. The van der Waals surface area contributed by atoms with E-state index in [0.29, 0.717) is 19.0 Å². The molecule has 2 aromatic heterocycles. The highest BCUT2D eigenvalue weighted by molar-refractivity contribution is 5.95. The first-order chi connectivity index (χ1) is 18.6. The Balaban J connectivity index is 0.00000107. The number of pyridine rings is 1. The average molecular weight is 515 g/mol. The van der Waals surface area contributed by atoms with Crippen LogP contribution in [0.4, 0.5) is 17.5 Å². The van der Waals surface area contributed by atoms with Crippen LogP contribution >= 0.6 is 0 Å². The molecule has 0 bridgehead atoms. The van der Waals surface area contributed by atoms with Crippen LogP contribution in [0.2, 0.25) is 0 Å². The maximum Gasteiger partial charge on any atom is 0.247 e. The van der Waals surface area contributed by atoms with Crippen LogP contribution in [0.25, 0.3) is 11.3 Å². The Hall–Kier alpha value is -3.91. The van der Waals surface area contributed by atoms with Gasteiger partial charge >= 0.3 is 0 Å². The summed E-state index contributed by atoms with van der Waals surface area (Å²) in [5.74, 6) is 1.31. The van der Waals surface area contributed by atoms with Crippen molar-refractivity contribution in [2.75, 3.05) is 41.8 Å². The molecule has 0 spiro atoms. The third-order valence-electron chi connectivity index (χ3n) is 6.18. The fourth-order valence-corrected chi connectivity index (χ4v) is 4.23. The van der Waals surface area contributed by atoms with Crippen LogP contribution in [0.3, 0.4) is 0 Å². The van der Waals surface area contributed by atoms with E-state index < -0.39 is 6.04 Å². The van der Waals surface area contributed by atoms with Gasteiger partial charge in [0.2, 0.25) is 11.9 Å². The highest BCUT2D eigenvalue weighted by Crippen LogP contribution is 2.23. The number of carbonyl (C=O) groups is 1. The van der Waals surface area contributed by atoms with Crippen molar-refractivity contribution in [3.63, 3.8) is 0 Å². The molecule has 2 N–H and O–H groups in total. The number of anilines is 3. The van der Waals surface area contributed by atoms with E-state index in [1.807, 2.05) is 55.7 Å². The molecule has 1 saturated heterocycles. The predicted molar refractivity (Wildman–Crippen MR) is 155 cm³/mol. The summed E-state index contributed by atoms with van der Waals surface area (Å²) >= 11 is 0. The summed E-state index contributed by atoms with van der Waals surface area (Å²) in [5, 5.41) is 6.16. The van der Waals surface area contributed by atoms with E-state index in [2.05, 4.69) is 62.1 Å². The van der Waals surface area contributed by atoms with Gasteiger partial charge in [-0.2, -0.15) is 0 Å². The zero-order valence-electron chi connectivity index (χ0n) is 22.6. The molecule has 8 heteroatoms. The molecule has 8 nitrogen and oxygen atoms in total. The van der Waals surface area contributed by atoms with Gasteiger partial charge in [-0.25, -0.2) is 9.97 Å². The number of rotatable bonds is 7. The number of nitrogens with zero attached hydrogens (tertiary/aromatic N) is 4. The number of hydrogen-bond donors (Lipinski definition) is 2. The van der Waals surface area contributed by atoms with Crippen molar-refractivity contribution >= 4 is 28.9 Å². The molecule has 1 aliphatic carbocycles. The van der Waals surface area contributed by atoms with Crippen molar-refractivity contribution in [2.24, 2.45) is 0 Å². The molecule has 1 amide bonds. The summed E-state index contributed by atoms with van der Waals surface area (Å²) in [6.07, 6.45) is 15.5. The van der Waals surface area contributed by atoms with Gasteiger partial charge < -0.3 is 20.3 Å². The molecule has 1 fully saturated rings. The van der Waals surface area contributed by atoms with E-state index in [0.717, 1.165) is 48.8 Å². The molecule has 2 aliphatic rings. The molecule has 0 radical (unpaired) electrons. The van der Waals surface area contributed by atoms with E-state index in [4.69, 9.17) is 4.74 Å². The number of carbonyl (C=O) groups excluding carboxylic acids is 1. The van der Waals surface area contributed by atoms with Gasteiger partial charge in [-0.05, 0) is 67.3 Å². The number of amides is 1. The number of nitrogens with one attached hydrogen (secondary N) is 2. The van der Waals surface area contributed by atoms with E-state index in [-0.39, 0.29) is 5.91 Å². The highest BCUT2D eigenvalue weighted by atomic mass is 16.5. The van der Waals surface area contributed by atoms with Crippen LogP contribution in [0.15, 0.2) is 73.2 Å². The number of allylic oxidation sites excluding steroid dienone is 4. The first-order valence-corrected chi connectivity index (χ1v) is 13.5. The van der Waals surface area contributed by atoms with Crippen molar-refractivity contribution in [2.45, 2.75) is 46.1 Å². The zero-order chi connectivity index (χ0) is 26.7. The number of ether oxygens (including phenoxy) is 1. The van der Waals surface area contributed by atoms with Crippen LogP contribution in [-0.2, 0) is 9.53 Å². The van der Waals surface area contributed by atoms with E-state index >= 15 is 0 Å². The number of benzene rings is 1. The molecule has 3 aromatic rings. The van der Waals surface area contributed by atoms with Gasteiger partial charge in [0.1, 0.15) is 11.9 Å². The minimum atomic E-state index is -0.427. The third-order valence-corrected chi connectivity index (χ3v) is 6.18. The summed E-state index contributed by atoms with van der Waals surface area (Å²) < 4.78 is 7.52.